The zero-order chi connectivity index (χ0) is 14.0. The van der Waals surface area contributed by atoms with Gasteiger partial charge in [0, 0.05) is 5.54 Å². The second-order valence-electron chi connectivity index (χ2n) is 5.62. The number of hydrogen-bond acceptors (Lipinski definition) is 2. The number of hydrogen-bond donors (Lipinski definition) is 1. The van der Waals surface area contributed by atoms with Crippen molar-refractivity contribution in [1.82, 2.24) is 15.1 Å². The number of carbonyl (C=O) groups excluding carboxylic acids is 1. The predicted octanol–water partition coefficient (Wildman–Crippen LogP) is 2.71. The molecule has 19 heavy (non-hydrogen) atoms. The molecular formula is C15H19N3O. The van der Waals surface area contributed by atoms with E-state index >= 15 is 0 Å². The quantitative estimate of drug-likeness (QED) is 0.899. The van der Waals surface area contributed by atoms with Gasteiger partial charge in [0.15, 0.2) is 0 Å². The molecule has 1 heterocycles. The van der Waals surface area contributed by atoms with Crippen molar-refractivity contribution in [2.45, 2.75) is 33.2 Å². The maximum absolute atomic E-state index is 12.3. The molecule has 0 fully saturated rings. The predicted molar refractivity (Wildman–Crippen MR) is 75.5 cm³/mol. The number of aromatic nitrogens is 2. The third kappa shape index (κ3) is 3.22. The molecule has 4 heteroatoms. The van der Waals surface area contributed by atoms with Gasteiger partial charge in [0.05, 0.1) is 11.4 Å². The lowest BCUT2D eigenvalue weighted by atomic mass is 10.1. The monoisotopic (exact) mass is 257 g/mol. The molecule has 4 nitrogen and oxygen atoms in total. The van der Waals surface area contributed by atoms with Gasteiger partial charge in [0.1, 0.15) is 5.69 Å². The van der Waals surface area contributed by atoms with Gasteiger partial charge in [0.2, 0.25) is 0 Å². The molecule has 0 aliphatic rings. The molecule has 0 aliphatic carbocycles. The summed E-state index contributed by atoms with van der Waals surface area (Å²) >= 11 is 0. The van der Waals surface area contributed by atoms with Crippen LogP contribution in [0.1, 0.15) is 37.0 Å². The van der Waals surface area contributed by atoms with E-state index in [0.29, 0.717) is 5.69 Å². The van der Waals surface area contributed by atoms with Crippen LogP contribution in [0.25, 0.3) is 5.69 Å². The molecule has 0 atom stereocenters. The van der Waals surface area contributed by atoms with Crippen LogP contribution in [-0.2, 0) is 0 Å². The largest absolute Gasteiger partial charge is 0.346 e. The van der Waals surface area contributed by atoms with Crippen molar-refractivity contribution in [3.8, 4) is 5.69 Å². The highest BCUT2D eigenvalue weighted by Crippen LogP contribution is 2.13. The second kappa shape index (κ2) is 4.88. The van der Waals surface area contributed by atoms with Crippen LogP contribution in [0.15, 0.2) is 36.4 Å². The molecular weight excluding hydrogens is 238 g/mol. The van der Waals surface area contributed by atoms with Crippen LogP contribution in [0.3, 0.4) is 0 Å². The second-order valence-corrected chi connectivity index (χ2v) is 5.62. The Morgan fingerprint density at radius 2 is 1.84 bits per heavy atom. The third-order valence-corrected chi connectivity index (χ3v) is 2.55. The van der Waals surface area contributed by atoms with Crippen LogP contribution >= 0.6 is 0 Å². The van der Waals surface area contributed by atoms with Crippen LogP contribution in [0.4, 0.5) is 0 Å². The molecule has 2 aromatic rings. The number of carbonyl (C=O) groups is 1. The van der Waals surface area contributed by atoms with Crippen LogP contribution in [-0.4, -0.2) is 21.2 Å². The number of para-hydroxylation sites is 1. The molecule has 0 unspecified atom stereocenters. The normalized spacial score (nSPS) is 11.4. The summed E-state index contributed by atoms with van der Waals surface area (Å²) in [5, 5.41) is 7.35. The smallest absolute Gasteiger partial charge is 0.270 e. The molecule has 0 saturated carbocycles. The van der Waals surface area contributed by atoms with E-state index in [1.165, 1.54) is 0 Å². The summed E-state index contributed by atoms with van der Waals surface area (Å²) in [6, 6.07) is 11.5. The minimum absolute atomic E-state index is 0.114. The first-order valence-electron chi connectivity index (χ1n) is 6.31. The van der Waals surface area contributed by atoms with E-state index in [1.54, 1.807) is 10.7 Å². The summed E-state index contributed by atoms with van der Waals surface area (Å²) in [4.78, 5) is 12.3. The van der Waals surface area contributed by atoms with Gasteiger partial charge in [-0.05, 0) is 45.9 Å². The molecule has 100 valence electrons. The highest BCUT2D eigenvalue weighted by atomic mass is 16.2. The molecule has 2 rings (SSSR count). The Kier molecular flexibility index (Phi) is 3.42. The fourth-order valence-electron chi connectivity index (χ4n) is 1.83. The van der Waals surface area contributed by atoms with Crippen LogP contribution < -0.4 is 5.32 Å². The molecule has 0 aliphatic heterocycles. The van der Waals surface area contributed by atoms with Gasteiger partial charge in [-0.3, -0.25) is 4.79 Å². The summed E-state index contributed by atoms with van der Waals surface area (Å²) < 4.78 is 1.68. The van der Waals surface area contributed by atoms with Gasteiger partial charge in [-0.15, -0.1) is 0 Å². The highest BCUT2D eigenvalue weighted by molar-refractivity contribution is 5.93. The first kappa shape index (κ1) is 13.3. The maximum atomic E-state index is 12.3. The summed E-state index contributed by atoms with van der Waals surface area (Å²) in [6.07, 6.45) is 0. The zero-order valence-corrected chi connectivity index (χ0v) is 11.8. The molecule has 0 spiro atoms. The number of rotatable bonds is 2. The lowest BCUT2D eigenvalue weighted by Gasteiger charge is -2.20. The van der Waals surface area contributed by atoms with E-state index < -0.39 is 0 Å². The fraction of sp³-hybridized carbons (Fsp3) is 0.333. The van der Waals surface area contributed by atoms with E-state index in [1.807, 2.05) is 58.0 Å². The minimum atomic E-state index is -0.267. The number of benzene rings is 1. The van der Waals surface area contributed by atoms with Gasteiger partial charge >= 0.3 is 0 Å². The molecule has 0 radical (unpaired) electrons. The van der Waals surface area contributed by atoms with Gasteiger partial charge in [-0.2, -0.15) is 5.10 Å². The topological polar surface area (TPSA) is 46.9 Å². The average Bonchev–Trinajstić information content (AvgIpc) is 2.70. The molecule has 1 amide bonds. The maximum Gasteiger partial charge on any atom is 0.270 e. The van der Waals surface area contributed by atoms with Crippen molar-refractivity contribution >= 4 is 5.91 Å². The third-order valence-electron chi connectivity index (χ3n) is 2.55. The average molecular weight is 257 g/mol. The SMILES string of the molecule is Cc1cc(C(=O)NC(C)(C)C)n(-c2ccccc2)n1. The van der Waals surface area contributed by atoms with Crippen LogP contribution in [0, 0.1) is 6.92 Å². The van der Waals surface area contributed by atoms with Crippen molar-refractivity contribution < 1.29 is 4.79 Å². The Morgan fingerprint density at radius 1 is 1.21 bits per heavy atom. The summed E-state index contributed by atoms with van der Waals surface area (Å²) in [5.74, 6) is -0.114. The van der Waals surface area contributed by atoms with Crippen molar-refractivity contribution in [2.75, 3.05) is 0 Å². The molecule has 0 saturated heterocycles. The summed E-state index contributed by atoms with van der Waals surface area (Å²) in [7, 11) is 0. The standard InChI is InChI=1S/C15H19N3O/c1-11-10-13(14(19)16-15(2,3)4)18(17-11)12-8-6-5-7-9-12/h5-10H,1-4H3,(H,16,19). The Bertz CT molecular complexity index is 579. The Hall–Kier alpha value is -2.10. The summed E-state index contributed by atoms with van der Waals surface area (Å²) in [5.41, 5.74) is 1.99. The molecule has 0 bridgehead atoms. The van der Waals surface area contributed by atoms with E-state index in [-0.39, 0.29) is 11.4 Å². The van der Waals surface area contributed by atoms with Crippen molar-refractivity contribution in [2.24, 2.45) is 0 Å². The van der Waals surface area contributed by atoms with Gasteiger partial charge in [-0.25, -0.2) is 4.68 Å². The Labute approximate surface area is 113 Å². The van der Waals surface area contributed by atoms with Gasteiger partial charge in [-0.1, -0.05) is 18.2 Å². The van der Waals surface area contributed by atoms with Crippen molar-refractivity contribution in [3.05, 3.63) is 47.8 Å². The minimum Gasteiger partial charge on any atom is -0.346 e. The van der Waals surface area contributed by atoms with E-state index in [9.17, 15) is 4.79 Å². The van der Waals surface area contributed by atoms with Gasteiger partial charge in [0.25, 0.3) is 5.91 Å². The van der Waals surface area contributed by atoms with Crippen molar-refractivity contribution in [3.63, 3.8) is 0 Å². The summed E-state index contributed by atoms with van der Waals surface area (Å²) in [6.45, 7) is 7.76. The first-order chi connectivity index (χ1) is 8.87. The molecule has 1 aromatic heterocycles. The Balaban J connectivity index is 2.40. The van der Waals surface area contributed by atoms with Gasteiger partial charge < -0.3 is 5.32 Å². The lowest BCUT2D eigenvalue weighted by Crippen LogP contribution is -2.41. The zero-order valence-electron chi connectivity index (χ0n) is 11.8. The number of amides is 1. The lowest BCUT2D eigenvalue weighted by molar-refractivity contribution is 0.0911. The van der Waals surface area contributed by atoms with E-state index in [2.05, 4.69) is 10.4 Å². The fourth-order valence-corrected chi connectivity index (χ4v) is 1.83. The van der Waals surface area contributed by atoms with Crippen LogP contribution in [0.2, 0.25) is 0 Å². The van der Waals surface area contributed by atoms with E-state index in [0.717, 1.165) is 11.4 Å². The first-order valence-corrected chi connectivity index (χ1v) is 6.31. The number of aryl methyl sites for hydroxylation is 1. The highest BCUT2D eigenvalue weighted by Gasteiger charge is 2.20. The van der Waals surface area contributed by atoms with Crippen LogP contribution in [0.5, 0.6) is 0 Å². The number of nitrogens with one attached hydrogen (secondary N) is 1. The number of nitrogens with zero attached hydrogens (tertiary/aromatic N) is 2. The van der Waals surface area contributed by atoms with E-state index in [4.69, 9.17) is 0 Å². The Morgan fingerprint density at radius 3 is 2.42 bits per heavy atom. The van der Waals surface area contributed by atoms with Crippen molar-refractivity contribution in [1.29, 1.82) is 0 Å². The molecule has 1 N–H and O–H groups in total. The molecule has 1 aromatic carbocycles.